The molecule has 0 spiro atoms. The van der Waals surface area contributed by atoms with Gasteiger partial charge in [-0.1, -0.05) is 0 Å². The van der Waals surface area contributed by atoms with Gasteiger partial charge < -0.3 is 9.64 Å². The summed E-state index contributed by atoms with van der Waals surface area (Å²) < 4.78 is 4.92. The van der Waals surface area contributed by atoms with Gasteiger partial charge in [0, 0.05) is 33.2 Å². The van der Waals surface area contributed by atoms with Gasteiger partial charge in [0.1, 0.15) is 0 Å². The minimum atomic E-state index is -0.0927. The van der Waals surface area contributed by atoms with Crippen LogP contribution in [0.15, 0.2) is 0 Å². The van der Waals surface area contributed by atoms with E-state index in [1.807, 2.05) is 0 Å². The van der Waals surface area contributed by atoms with Gasteiger partial charge in [-0.2, -0.15) is 5.26 Å². The molecule has 0 aromatic heterocycles. The van der Waals surface area contributed by atoms with Gasteiger partial charge >= 0.3 is 0 Å². The number of likely N-dealkylation sites (tertiary alicyclic amines) is 1. The number of carbonyl (C=O) groups excluding carboxylic acids is 1. The quantitative estimate of drug-likeness (QED) is 0.611. The third-order valence-corrected chi connectivity index (χ3v) is 2.42. The molecule has 1 unspecified atom stereocenters. The summed E-state index contributed by atoms with van der Waals surface area (Å²) in [5.41, 5.74) is 0. The molecule has 1 fully saturated rings. The molecule has 0 radical (unpaired) electrons. The zero-order valence-electron chi connectivity index (χ0n) is 8.53. The Morgan fingerprint density at radius 3 is 3.00 bits per heavy atom. The van der Waals surface area contributed by atoms with Crippen molar-refractivity contribution in [2.45, 2.75) is 19.3 Å². The lowest BCUT2D eigenvalue weighted by Gasteiger charge is -2.14. The predicted octanol–water partition coefficient (Wildman–Crippen LogP) is 0.785. The molecule has 0 bridgehead atoms. The highest BCUT2D eigenvalue weighted by Crippen LogP contribution is 2.16. The second kappa shape index (κ2) is 5.61. The largest absolute Gasteiger partial charge is 0.385 e. The summed E-state index contributed by atoms with van der Waals surface area (Å²) in [5, 5.41) is 8.66. The lowest BCUT2D eigenvalue weighted by atomic mass is 10.1. The number of unbranched alkanes of at least 4 members (excludes halogenated alkanes) is 1. The van der Waals surface area contributed by atoms with E-state index in [4.69, 9.17) is 10.00 Å². The van der Waals surface area contributed by atoms with E-state index in [-0.39, 0.29) is 11.8 Å². The van der Waals surface area contributed by atoms with Crippen LogP contribution in [0.3, 0.4) is 0 Å². The molecule has 1 heterocycles. The molecular formula is C10H16N2O2. The van der Waals surface area contributed by atoms with Crippen LogP contribution in [0, 0.1) is 17.2 Å². The van der Waals surface area contributed by atoms with Gasteiger partial charge in [0.2, 0.25) is 5.91 Å². The Balaban J connectivity index is 2.19. The number of hydrogen-bond acceptors (Lipinski definition) is 3. The van der Waals surface area contributed by atoms with E-state index in [2.05, 4.69) is 6.07 Å². The van der Waals surface area contributed by atoms with Gasteiger partial charge in [0.25, 0.3) is 0 Å². The maximum atomic E-state index is 11.4. The molecule has 1 aliphatic heterocycles. The first-order valence-electron chi connectivity index (χ1n) is 4.94. The number of nitriles is 1. The summed E-state index contributed by atoms with van der Waals surface area (Å²) in [4.78, 5) is 13.1. The van der Waals surface area contributed by atoms with Crippen LogP contribution in [0.25, 0.3) is 0 Å². The van der Waals surface area contributed by atoms with Crippen LogP contribution in [-0.4, -0.2) is 37.6 Å². The highest BCUT2D eigenvalue weighted by atomic mass is 16.5. The van der Waals surface area contributed by atoms with Crippen LogP contribution in [0.5, 0.6) is 0 Å². The topological polar surface area (TPSA) is 53.3 Å². The Morgan fingerprint density at radius 2 is 2.43 bits per heavy atom. The first-order valence-corrected chi connectivity index (χ1v) is 4.94. The average Bonchev–Trinajstić information content (AvgIpc) is 2.54. The Hall–Kier alpha value is -1.08. The Kier molecular flexibility index (Phi) is 4.41. The predicted molar refractivity (Wildman–Crippen MR) is 51.4 cm³/mol. The molecule has 1 atom stereocenters. The number of ether oxygens (including phenoxy) is 1. The SMILES string of the molecule is COCCCCN1CC(C#N)CC1=O. The number of nitrogens with zero attached hydrogens (tertiary/aromatic N) is 2. The van der Waals surface area contributed by atoms with Gasteiger partial charge in [-0.3, -0.25) is 4.79 Å². The molecule has 1 amide bonds. The Morgan fingerprint density at radius 1 is 1.64 bits per heavy atom. The molecule has 1 rings (SSSR count). The van der Waals surface area contributed by atoms with Crippen LogP contribution in [0.2, 0.25) is 0 Å². The van der Waals surface area contributed by atoms with Crippen molar-refractivity contribution < 1.29 is 9.53 Å². The maximum absolute atomic E-state index is 11.4. The molecule has 0 aromatic carbocycles. The van der Waals surface area contributed by atoms with E-state index in [1.165, 1.54) is 0 Å². The minimum absolute atomic E-state index is 0.0927. The molecule has 0 aliphatic carbocycles. The zero-order valence-corrected chi connectivity index (χ0v) is 8.53. The summed E-state index contributed by atoms with van der Waals surface area (Å²) in [6.07, 6.45) is 2.33. The second-order valence-electron chi connectivity index (χ2n) is 3.57. The van der Waals surface area contributed by atoms with Crippen molar-refractivity contribution >= 4 is 5.91 Å². The number of amides is 1. The summed E-state index contributed by atoms with van der Waals surface area (Å²) in [6, 6.07) is 2.14. The minimum Gasteiger partial charge on any atom is -0.385 e. The van der Waals surface area contributed by atoms with Crippen LogP contribution < -0.4 is 0 Å². The molecule has 78 valence electrons. The van der Waals surface area contributed by atoms with E-state index in [9.17, 15) is 4.79 Å². The van der Waals surface area contributed by atoms with Crippen molar-refractivity contribution in [1.82, 2.24) is 4.90 Å². The molecule has 1 saturated heterocycles. The van der Waals surface area contributed by atoms with Crippen LogP contribution >= 0.6 is 0 Å². The van der Waals surface area contributed by atoms with E-state index in [1.54, 1.807) is 12.0 Å². The van der Waals surface area contributed by atoms with Crippen molar-refractivity contribution in [2.75, 3.05) is 26.8 Å². The standard InChI is InChI=1S/C10H16N2O2/c1-14-5-3-2-4-12-8-9(7-11)6-10(12)13/h9H,2-6,8H2,1H3. The van der Waals surface area contributed by atoms with Crippen LogP contribution in [0.4, 0.5) is 0 Å². The normalized spacial score (nSPS) is 21.3. The summed E-state index contributed by atoms with van der Waals surface area (Å²) in [7, 11) is 1.67. The molecule has 14 heavy (non-hydrogen) atoms. The van der Waals surface area contributed by atoms with Gasteiger partial charge in [-0.25, -0.2) is 0 Å². The molecule has 0 N–H and O–H groups in total. The van der Waals surface area contributed by atoms with Crippen molar-refractivity contribution in [3.8, 4) is 6.07 Å². The van der Waals surface area contributed by atoms with Crippen LogP contribution in [-0.2, 0) is 9.53 Å². The van der Waals surface area contributed by atoms with Crippen molar-refractivity contribution in [1.29, 1.82) is 5.26 Å². The summed E-state index contributed by atoms with van der Waals surface area (Å²) in [6.45, 7) is 2.12. The summed E-state index contributed by atoms with van der Waals surface area (Å²) in [5.74, 6) is 0.0268. The van der Waals surface area contributed by atoms with E-state index >= 15 is 0 Å². The first-order chi connectivity index (χ1) is 6.77. The molecule has 0 saturated carbocycles. The van der Waals surface area contributed by atoms with E-state index in [0.717, 1.165) is 26.0 Å². The smallest absolute Gasteiger partial charge is 0.224 e. The Bertz CT molecular complexity index is 235. The fourth-order valence-corrected chi connectivity index (χ4v) is 1.62. The molecular weight excluding hydrogens is 180 g/mol. The highest BCUT2D eigenvalue weighted by molar-refractivity contribution is 5.79. The van der Waals surface area contributed by atoms with E-state index < -0.39 is 0 Å². The molecule has 1 aliphatic rings. The van der Waals surface area contributed by atoms with Crippen molar-refractivity contribution in [3.63, 3.8) is 0 Å². The van der Waals surface area contributed by atoms with Gasteiger partial charge in [0.05, 0.1) is 12.0 Å². The molecule has 4 nitrogen and oxygen atoms in total. The van der Waals surface area contributed by atoms with Crippen LogP contribution in [0.1, 0.15) is 19.3 Å². The zero-order chi connectivity index (χ0) is 10.4. The highest BCUT2D eigenvalue weighted by Gasteiger charge is 2.28. The monoisotopic (exact) mass is 196 g/mol. The lowest BCUT2D eigenvalue weighted by molar-refractivity contribution is -0.127. The average molecular weight is 196 g/mol. The van der Waals surface area contributed by atoms with Gasteiger partial charge in [-0.05, 0) is 12.8 Å². The maximum Gasteiger partial charge on any atom is 0.224 e. The van der Waals surface area contributed by atoms with Crippen molar-refractivity contribution in [2.24, 2.45) is 5.92 Å². The number of methoxy groups -OCH3 is 1. The van der Waals surface area contributed by atoms with Gasteiger partial charge in [-0.15, -0.1) is 0 Å². The van der Waals surface area contributed by atoms with Crippen molar-refractivity contribution in [3.05, 3.63) is 0 Å². The number of rotatable bonds is 5. The third kappa shape index (κ3) is 3.00. The number of hydrogen-bond donors (Lipinski definition) is 0. The van der Waals surface area contributed by atoms with E-state index in [0.29, 0.717) is 13.0 Å². The lowest BCUT2D eigenvalue weighted by Crippen LogP contribution is -2.26. The second-order valence-corrected chi connectivity index (χ2v) is 3.57. The molecule has 4 heteroatoms. The van der Waals surface area contributed by atoms with Gasteiger partial charge in [0.15, 0.2) is 0 Å². The molecule has 0 aromatic rings. The first kappa shape index (κ1) is 11.0. The fraction of sp³-hybridized carbons (Fsp3) is 0.800. The fourth-order valence-electron chi connectivity index (χ4n) is 1.62. The number of carbonyl (C=O) groups is 1. The third-order valence-electron chi connectivity index (χ3n) is 2.42. The summed E-state index contributed by atoms with van der Waals surface area (Å²) >= 11 is 0. The Labute approximate surface area is 84.4 Å².